The highest BCUT2D eigenvalue weighted by Gasteiger charge is 2.35. The van der Waals surface area contributed by atoms with E-state index in [1.54, 1.807) is 23.9 Å². The number of rotatable bonds is 3. The van der Waals surface area contributed by atoms with Gasteiger partial charge in [-0.1, -0.05) is 47.0 Å². The van der Waals surface area contributed by atoms with E-state index in [0.29, 0.717) is 33.7 Å². The van der Waals surface area contributed by atoms with Crippen LogP contribution in [0, 0.1) is 0 Å². The number of nitrogens with one attached hydrogen (secondary N) is 2. The molecule has 2 aromatic carbocycles. The molecule has 0 spiro atoms. The van der Waals surface area contributed by atoms with Crippen LogP contribution in [0.3, 0.4) is 0 Å². The number of H-pyrrole nitrogens is 1. The molecule has 0 bridgehead atoms. The zero-order chi connectivity index (χ0) is 20.0. The van der Waals surface area contributed by atoms with E-state index in [9.17, 15) is 4.79 Å². The molecule has 5 rings (SSSR count). The lowest BCUT2D eigenvalue weighted by Crippen LogP contribution is -2.29. The molecule has 0 amide bonds. The maximum absolute atomic E-state index is 12.7. The number of hydrogen-bond acceptors (Lipinski definition) is 7. The van der Waals surface area contributed by atoms with E-state index in [1.165, 1.54) is 0 Å². The van der Waals surface area contributed by atoms with E-state index in [-0.39, 0.29) is 5.56 Å². The van der Waals surface area contributed by atoms with Crippen LogP contribution >= 0.6 is 11.6 Å². The SMILES string of the molecule is COc1ccccc1[C@H]1c2c(-c3ccc(Cl)cc3)n[nH]c(=O)c2Nc2nnnn21. The molecule has 9 nitrogen and oxygen atoms in total. The molecule has 0 saturated carbocycles. The maximum Gasteiger partial charge on any atom is 0.288 e. The lowest BCUT2D eigenvalue weighted by Gasteiger charge is -2.28. The predicted molar refractivity (Wildman–Crippen MR) is 107 cm³/mol. The Morgan fingerprint density at radius 2 is 1.93 bits per heavy atom. The van der Waals surface area contributed by atoms with Crippen molar-refractivity contribution in [2.75, 3.05) is 12.4 Å². The molecule has 1 atom stereocenters. The van der Waals surface area contributed by atoms with E-state index in [0.717, 1.165) is 11.1 Å². The minimum absolute atomic E-state index is 0.336. The van der Waals surface area contributed by atoms with Gasteiger partial charge in [0.05, 0.1) is 12.8 Å². The molecule has 0 saturated heterocycles. The minimum Gasteiger partial charge on any atom is -0.496 e. The van der Waals surface area contributed by atoms with Gasteiger partial charge in [0, 0.05) is 21.7 Å². The number of methoxy groups -OCH3 is 1. The number of benzene rings is 2. The molecule has 0 aliphatic carbocycles. The molecule has 0 fully saturated rings. The number of tetrazole rings is 1. The van der Waals surface area contributed by atoms with Crippen molar-refractivity contribution in [3.05, 3.63) is 75.0 Å². The third-order valence-electron chi connectivity index (χ3n) is 4.82. The first-order valence-corrected chi connectivity index (χ1v) is 9.11. The predicted octanol–water partition coefficient (Wildman–Crippen LogP) is 2.78. The third-order valence-corrected chi connectivity index (χ3v) is 5.07. The third kappa shape index (κ3) is 2.74. The van der Waals surface area contributed by atoms with Gasteiger partial charge in [-0.3, -0.25) is 4.79 Å². The van der Waals surface area contributed by atoms with Crippen molar-refractivity contribution < 1.29 is 4.74 Å². The summed E-state index contributed by atoms with van der Waals surface area (Å²) in [7, 11) is 1.59. The zero-order valence-electron chi connectivity index (χ0n) is 15.1. The van der Waals surface area contributed by atoms with Crippen LogP contribution in [-0.2, 0) is 0 Å². The van der Waals surface area contributed by atoms with Crippen LogP contribution in [0.5, 0.6) is 5.75 Å². The fourth-order valence-electron chi connectivity index (χ4n) is 3.55. The highest BCUT2D eigenvalue weighted by molar-refractivity contribution is 6.30. The van der Waals surface area contributed by atoms with E-state index >= 15 is 0 Å². The number of para-hydroxylation sites is 1. The standard InChI is InChI=1S/C19H14ClN7O2/c1-29-13-5-3-2-4-12(13)17-14-15(10-6-8-11(20)9-7-10)22-23-18(28)16(14)21-19-24-25-26-27(17)19/h2-9,17H,1H3,(H,23,28)(H,21,24,26)/t17-/m0/s1. The van der Waals surface area contributed by atoms with Crippen LogP contribution in [0.2, 0.25) is 5.02 Å². The minimum atomic E-state index is -0.520. The molecule has 1 aliphatic heterocycles. The van der Waals surface area contributed by atoms with Gasteiger partial charge in [0.1, 0.15) is 17.5 Å². The Kier molecular flexibility index (Phi) is 4.02. The molecule has 4 aromatic rings. The van der Waals surface area contributed by atoms with E-state index < -0.39 is 6.04 Å². The van der Waals surface area contributed by atoms with Crippen molar-refractivity contribution in [2.24, 2.45) is 0 Å². The lowest BCUT2D eigenvalue weighted by atomic mass is 9.92. The quantitative estimate of drug-likeness (QED) is 0.473. The first kappa shape index (κ1) is 17.4. The number of nitrogens with zero attached hydrogens (tertiary/aromatic N) is 5. The van der Waals surface area contributed by atoms with Gasteiger partial charge in [0.15, 0.2) is 0 Å². The van der Waals surface area contributed by atoms with Crippen LogP contribution in [0.15, 0.2) is 53.3 Å². The summed E-state index contributed by atoms with van der Waals surface area (Å²) in [5.41, 5.74) is 2.78. The second-order valence-corrected chi connectivity index (χ2v) is 6.85. The first-order valence-electron chi connectivity index (χ1n) is 8.73. The van der Waals surface area contributed by atoms with Crippen molar-refractivity contribution in [2.45, 2.75) is 6.04 Å². The summed E-state index contributed by atoms with van der Waals surface area (Å²) in [5.74, 6) is 1.00. The molecule has 144 valence electrons. The first-order chi connectivity index (χ1) is 14.2. The second-order valence-electron chi connectivity index (χ2n) is 6.41. The maximum atomic E-state index is 12.7. The van der Waals surface area contributed by atoms with Gasteiger partial charge in [-0.05, 0) is 28.6 Å². The van der Waals surface area contributed by atoms with Gasteiger partial charge >= 0.3 is 0 Å². The number of aromatic nitrogens is 6. The Bertz CT molecular complexity index is 1270. The topological polar surface area (TPSA) is 111 Å². The van der Waals surface area contributed by atoms with Crippen molar-refractivity contribution in [1.29, 1.82) is 0 Å². The van der Waals surface area contributed by atoms with Crippen molar-refractivity contribution in [3.8, 4) is 17.0 Å². The van der Waals surface area contributed by atoms with E-state index in [2.05, 4.69) is 31.0 Å². The molecule has 0 unspecified atom stereocenters. The Balaban J connectivity index is 1.84. The lowest BCUT2D eigenvalue weighted by molar-refractivity contribution is 0.402. The van der Waals surface area contributed by atoms with Gasteiger partial charge in [0.2, 0.25) is 5.95 Å². The zero-order valence-corrected chi connectivity index (χ0v) is 15.9. The molecule has 3 heterocycles. The fraction of sp³-hybridized carbons (Fsp3) is 0.105. The Morgan fingerprint density at radius 3 is 2.72 bits per heavy atom. The molecule has 2 aromatic heterocycles. The number of halogens is 1. The molecular weight excluding hydrogens is 394 g/mol. The highest BCUT2D eigenvalue weighted by atomic mass is 35.5. The molecule has 29 heavy (non-hydrogen) atoms. The summed E-state index contributed by atoms with van der Waals surface area (Å²) in [5, 5.41) is 22.4. The molecule has 0 radical (unpaired) electrons. The summed E-state index contributed by atoms with van der Waals surface area (Å²) in [6, 6.07) is 14.2. The summed E-state index contributed by atoms with van der Waals surface area (Å²) in [6.07, 6.45) is 0. The Labute approximate surface area is 169 Å². The number of anilines is 2. The smallest absolute Gasteiger partial charge is 0.288 e. The van der Waals surface area contributed by atoms with Gasteiger partial charge in [-0.25, -0.2) is 5.10 Å². The Morgan fingerprint density at radius 1 is 1.14 bits per heavy atom. The fourth-order valence-corrected chi connectivity index (χ4v) is 3.67. The second kappa shape index (κ2) is 6.71. The van der Waals surface area contributed by atoms with Crippen molar-refractivity contribution in [3.63, 3.8) is 0 Å². The average molecular weight is 408 g/mol. The van der Waals surface area contributed by atoms with Crippen molar-refractivity contribution >= 4 is 23.2 Å². The number of hydrogen-bond donors (Lipinski definition) is 2. The van der Waals surface area contributed by atoms with Crippen molar-refractivity contribution in [1.82, 2.24) is 30.4 Å². The van der Waals surface area contributed by atoms with Crippen LogP contribution in [-0.4, -0.2) is 37.5 Å². The summed E-state index contributed by atoms with van der Waals surface area (Å²) in [6.45, 7) is 0. The summed E-state index contributed by atoms with van der Waals surface area (Å²) >= 11 is 6.05. The highest BCUT2D eigenvalue weighted by Crippen LogP contribution is 2.43. The van der Waals surface area contributed by atoms with Crippen LogP contribution in [0.25, 0.3) is 11.3 Å². The normalized spacial score (nSPS) is 14.6. The molecule has 1 aliphatic rings. The van der Waals surface area contributed by atoms with Crippen LogP contribution in [0.4, 0.5) is 11.6 Å². The van der Waals surface area contributed by atoms with Gasteiger partial charge in [-0.2, -0.15) is 9.78 Å². The number of aromatic amines is 1. The number of fused-ring (bicyclic) bond motifs is 2. The average Bonchev–Trinajstić information content (AvgIpc) is 3.22. The Hall–Kier alpha value is -3.72. The summed E-state index contributed by atoms with van der Waals surface area (Å²) in [4.78, 5) is 12.7. The molecule has 10 heteroatoms. The summed E-state index contributed by atoms with van der Waals surface area (Å²) < 4.78 is 7.18. The molecule has 2 N–H and O–H groups in total. The van der Waals surface area contributed by atoms with E-state index in [4.69, 9.17) is 16.3 Å². The number of ether oxygens (including phenoxy) is 1. The largest absolute Gasteiger partial charge is 0.496 e. The molecular formula is C19H14ClN7O2. The van der Waals surface area contributed by atoms with E-state index in [1.807, 2.05) is 36.4 Å². The van der Waals surface area contributed by atoms with Crippen LogP contribution < -0.4 is 15.6 Å². The van der Waals surface area contributed by atoms with Gasteiger partial charge < -0.3 is 10.1 Å². The van der Waals surface area contributed by atoms with Gasteiger partial charge in [0.25, 0.3) is 5.56 Å². The monoisotopic (exact) mass is 407 g/mol. The van der Waals surface area contributed by atoms with Gasteiger partial charge in [-0.15, -0.1) is 0 Å². The van der Waals surface area contributed by atoms with Crippen LogP contribution in [0.1, 0.15) is 17.2 Å².